The molecule has 0 radical (unpaired) electrons. The number of H-pyrrole nitrogens is 2. The summed E-state index contributed by atoms with van der Waals surface area (Å²) in [6.45, 7) is 1.96. The highest BCUT2D eigenvalue weighted by atomic mass is 32.1. The van der Waals surface area contributed by atoms with E-state index < -0.39 is 0 Å². The summed E-state index contributed by atoms with van der Waals surface area (Å²) in [6, 6.07) is 7.31. The summed E-state index contributed by atoms with van der Waals surface area (Å²) in [5.74, 6) is 0.921. The monoisotopic (exact) mass is 429 g/mol. The maximum absolute atomic E-state index is 13.6. The van der Waals surface area contributed by atoms with Gasteiger partial charge in [-0.2, -0.15) is 9.49 Å². The summed E-state index contributed by atoms with van der Waals surface area (Å²) in [4.78, 5) is 17.5. The first-order valence-corrected chi connectivity index (χ1v) is 10.5. The van der Waals surface area contributed by atoms with Crippen molar-refractivity contribution < 1.29 is 4.39 Å². The van der Waals surface area contributed by atoms with Crippen LogP contribution in [0.2, 0.25) is 0 Å². The van der Waals surface area contributed by atoms with Crippen LogP contribution in [0.25, 0.3) is 55.0 Å². The largest absolute Gasteiger partial charge is 0.352 e. The van der Waals surface area contributed by atoms with E-state index in [9.17, 15) is 4.39 Å². The van der Waals surface area contributed by atoms with Gasteiger partial charge in [0, 0.05) is 34.5 Å². The van der Waals surface area contributed by atoms with Gasteiger partial charge in [0.25, 0.3) is 0 Å². The maximum atomic E-state index is 13.6. The molecule has 31 heavy (non-hydrogen) atoms. The van der Waals surface area contributed by atoms with E-state index in [1.807, 2.05) is 36.9 Å². The van der Waals surface area contributed by atoms with Crippen molar-refractivity contribution >= 4 is 33.1 Å². The number of halogens is 1. The van der Waals surface area contributed by atoms with E-state index in [4.69, 9.17) is 0 Å². The maximum Gasteiger partial charge on any atom is 0.176 e. The lowest BCUT2D eigenvalue weighted by Gasteiger charge is -2.03. The smallest absolute Gasteiger partial charge is 0.176 e. The Bertz CT molecular complexity index is 1590. The fraction of sp³-hybridized carbons (Fsp3) is 0.0909. The number of hydrogen-bond donors (Lipinski definition) is 2. The molecule has 6 heterocycles. The summed E-state index contributed by atoms with van der Waals surface area (Å²) in [5.41, 5.74) is 6.01. The number of thiophene rings is 1. The van der Waals surface area contributed by atoms with Crippen LogP contribution < -0.4 is 0 Å². The van der Waals surface area contributed by atoms with Crippen molar-refractivity contribution in [1.29, 1.82) is 0 Å². The number of aromatic nitrogens is 7. The van der Waals surface area contributed by atoms with E-state index in [0.29, 0.717) is 0 Å². The molecule has 0 aliphatic heterocycles. The molecule has 0 spiro atoms. The molecule has 0 fully saturated rings. The molecule has 0 aromatic carbocycles. The second-order valence-corrected chi connectivity index (χ2v) is 8.41. The van der Waals surface area contributed by atoms with Crippen LogP contribution in [0.3, 0.4) is 0 Å². The third-order valence-electron chi connectivity index (χ3n) is 5.57. The molecule has 6 aromatic rings. The van der Waals surface area contributed by atoms with Crippen LogP contribution in [0.1, 0.15) is 5.82 Å². The van der Waals surface area contributed by atoms with E-state index >= 15 is 0 Å². The number of aryl methyl sites for hydroxylation is 1. The lowest BCUT2D eigenvalue weighted by atomic mass is 10.1. The minimum absolute atomic E-state index is 0.216. The van der Waals surface area contributed by atoms with Crippen LogP contribution in [0.5, 0.6) is 0 Å². The Labute approximate surface area is 179 Å². The zero-order valence-corrected chi connectivity index (χ0v) is 17.5. The van der Waals surface area contributed by atoms with Gasteiger partial charge >= 0.3 is 0 Å². The van der Waals surface area contributed by atoms with Crippen molar-refractivity contribution in [2.75, 3.05) is 0 Å². The zero-order chi connectivity index (χ0) is 21.1. The second kappa shape index (κ2) is 6.58. The van der Waals surface area contributed by atoms with Crippen LogP contribution in [0.15, 0.2) is 49.1 Å². The molecular weight excluding hydrogens is 413 g/mol. The molecule has 0 bridgehead atoms. The molecule has 6 rings (SSSR count). The highest BCUT2D eigenvalue weighted by Gasteiger charge is 2.16. The van der Waals surface area contributed by atoms with Gasteiger partial charge in [0.05, 0.1) is 46.7 Å². The van der Waals surface area contributed by atoms with Crippen molar-refractivity contribution in [2.45, 2.75) is 6.92 Å². The standard InChI is InChI=1S/C22H16FN7S/c1-11-25-10-19(30(11)2)15-6-13-18(9-26-15)28-29-22(13)16-5-12-14(7-24-8-17(12)27-16)20-3-4-21(23)31-20/h3-10,27H,1-2H3,(H,28,29). The summed E-state index contributed by atoms with van der Waals surface area (Å²) >= 11 is 1.11. The average molecular weight is 429 g/mol. The number of pyridine rings is 2. The molecule has 0 amide bonds. The Kier molecular flexibility index (Phi) is 3.81. The number of nitrogens with one attached hydrogen (secondary N) is 2. The quantitative estimate of drug-likeness (QED) is 0.411. The fourth-order valence-corrected chi connectivity index (χ4v) is 4.59. The highest BCUT2D eigenvalue weighted by Crippen LogP contribution is 2.36. The van der Waals surface area contributed by atoms with Crippen molar-refractivity contribution in [3.8, 4) is 33.2 Å². The molecule has 0 unspecified atom stereocenters. The Morgan fingerprint density at radius 3 is 2.68 bits per heavy atom. The first-order valence-electron chi connectivity index (χ1n) is 9.64. The summed E-state index contributed by atoms with van der Waals surface area (Å²) in [7, 11) is 1.97. The Morgan fingerprint density at radius 1 is 1.00 bits per heavy atom. The van der Waals surface area contributed by atoms with Gasteiger partial charge < -0.3 is 9.55 Å². The second-order valence-electron chi connectivity index (χ2n) is 7.37. The molecule has 0 saturated carbocycles. The number of nitrogens with zero attached hydrogens (tertiary/aromatic N) is 5. The topological polar surface area (TPSA) is 88.1 Å². The van der Waals surface area contributed by atoms with E-state index in [0.717, 1.165) is 72.2 Å². The SMILES string of the molecule is Cc1ncc(-c2cc3c(-c4cc5c(-c6ccc(F)s6)cncc5[nH]4)n[nH]c3cn2)n1C. The van der Waals surface area contributed by atoms with Gasteiger partial charge in [-0.1, -0.05) is 0 Å². The molecule has 152 valence electrons. The molecule has 6 aromatic heterocycles. The first-order chi connectivity index (χ1) is 15.1. The molecule has 0 aliphatic carbocycles. The van der Waals surface area contributed by atoms with Crippen molar-refractivity contribution in [2.24, 2.45) is 7.05 Å². The van der Waals surface area contributed by atoms with Gasteiger partial charge in [-0.15, -0.1) is 11.3 Å². The van der Waals surface area contributed by atoms with Crippen LogP contribution >= 0.6 is 11.3 Å². The number of imidazole rings is 1. The summed E-state index contributed by atoms with van der Waals surface area (Å²) in [6.07, 6.45) is 7.14. The predicted octanol–water partition coefficient (Wildman–Crippen LogP) is 5.08. The summed E-state index contributed by atoms with van der Waals surface area (Å²) < 4.78 is 15.6. The van der Waals surface area contributed by atoms with E-state index in [1.165, 1.54) is 6.07 Å². The van der Waals surface area contributed by atoms with E-state index in [2.05, 4.69) is 30.1 Å². The van der Waals surface area contributed by atoms with Crippen molar-refractivity contribution in [1.82, 2.24) is 34.7 Å². The Morgan fingerprint density at radius 2 is 1.90 bits per heavy atom. The molecule has 0 aliphatic rings. The van der Waals surface area contributed by atoms with E-state index in [-0.39, 0.29) is 5.13 Å². The van der Waals surface area contributed by atoms with Gasteiger partial charge in [-0.3, -0.25) is 15.1 Å². The minimum atomic E-state index is -0.216. The minimum Gasteiger partial charge on any atom is -0.352 e. The molecule has 0 saturated heterocycles. The zero-order valence-electron chi connectivity index (χ0n) is 16.6. The molecule has 9 heteroatoms. The molecule has 2 N–H and O–H groups in total. The lowest BCUT2D eigenvalue weighted by molar-refractivity contribution is 0.657. The van der Waals surface area contributed by atoms with Crippen LogP contribution in [-0.2, 0) is 7.05 Å². The number of rotatable bonds is 3. The first kappa shape index (κ1) is 18.0. The Hall–Kier alpha value is -3.85. The van der Waals surface area contributed by atoms with Gasteiger partial charge in [0.2, 0.25) is 0 Å². The third kappa shape index (κ3) is 2.77. The average Bonchev–Trinajstić information content (AvgIpc) is 3.54. The van der Waals surface area contributed by atoms with Crippen LogP contribution in [0, 0.1) is 12.1 Å². The third-order valence-corrected chi connectivity index (χ3v) is 6.48. The van der Waals surface area contributed by atoms with E-state index in [1.54, 1.807) is 24.7 Å². The van der Waals surface area contributed by atoms with Crippen molar-refractivity contribution in [3.05, 3.63) is 60.0 Å². The predicted molar refractivity (Wildman–Crippen MR) is 119 cm³/mol. The Balaban J connectivity index is 1.52. The normalized spacial score (nSPS) is 11.7. The lowest BCUT2D eigenvalue weighted by Crippen LogP contribution is -1.95. The molecule has 7 nitrogen and oxygen atoms in total. The fourth-order valence-electron chi connectivity index (χ4n) is 3.84. The molecular formula is C22H16FN7S. The van der Waals surface area contributed by atoms with Gasteiger partial charge in [0.15, 0.2) is 5.13 Å². The van der Waals surface area contributed by atoms with Gasteiger partial charge in [-0.25, -0.2) is 4.98 Å². The van der Waals surface area contributed by atoms with Crippen LogP contribution in [0.4, 0.5) is 4.39 Å². The summed E-state index contributed by atoms with van der Waals surface area (Å²) in [5, 5.41) is 9.30. The van der Waals surface area contributed by atoms with Crippen molar-refractivity contribution in [3.63, 3.8) is 0 Å². The molecule has 0 atom stereocenters. The number of hydrogen-bond acceptors (Lipinski definition) is 5. The number of aromatic amines is 2. The highest BCUT2D eigenvalue weighted by molar-refractivity contribution is 7.14. The van der Waals surface area contributed by atoms with Gasteiger partial charge in [-0.05, 0) is 31.2 Å². The van der Waals surface area contributed by atoms with Gasteiger partial charge in [0.1, 0.15) is 11.5 Å². The van der Waals surface area contributed by atoms with Crippen LogP contribution in [-0.4, -0.2) is 34.7 Å². The number of fused-ring (bicyclic) bond motifs is 2.